The predicted octanol–water partition coefficient (Wildman–Crippen LogP) is 3.25. The molecule has 6 heteroatoms. The maximum absolute atomic E-state index is 12.9. The number of urea groups is 1. The first-order valence-corrected chi connectivity index (χ1v) is 9.98. The topological polar surface area (TPSA) is 69.7 Å². The van der Waals surface area contributed by atoms with Crippen LogP contribution < -0.4 is 10.2 Å². The fourth-order valence-electron chi connectivity index (χ4n) is 3.98. The van der Waals surface area contributed by atoms with Crippen molar-refractivity contribution in [3.8, 4) is 0 Å². The van der Waals surface area contributed by atoms with E-state index in [4.69, 9.17) is 0 Å². The lowest BCUT2D eigenvalue weighted by atomic mass is 9.94. The quantitative estimate of drug-likeness (QED) is 0.591. The van der Waals surface area contributed by atoms with Crippen LogP contribution in [0.4, 0.5) is 10.5 Å². The third-order valence-corrected chi connectivity index (χ3v) is 5.58. The largest absolute Gasteiger partial charge is 0.325 e. The molecule has 0 bridgehead atoms. The summed E-state index contributed by atoms with van der Waals surface area (Å²) >= 11 is 0. The van der Waals surface area contributed by atoms with E-state index < -0.39 is 11.6 Å². The third-order valence-electron chi connectivity index (χ3n) is 5.58. The van der Waals surface area contributed by atoms with Gasteiger partial charge in [-0.05, 0) is 37.8 Å². The number of unbranched alkanes of at least 4 members (excludes halogenated alkanes) is 3. The molecule has 27 heavy (non-hydrogen) atoms. The van der Waals surface area contributed by atoms with E-state index in [0.29, 0.717) is 13.0 Å². The van der Waals surface area contributed by atoms with Gasteiger partial charge in [-0.1, -0.05) is 50.8 Å². The molecule has 0 aromatic heterocycles. The number of nitrogens with one attached hydrogen (secondary N) is 1. The molecule has 6 nitrogen and oxygen atoms in total. The zero-order chi connectivity index (χ0) is 19.4. The lowest BCUT2D eigenvalue weighted by molar-refractivity contribution is -0.134. The molecule has 0 aliphatic carbocycles. The van der Waals surface area contributed by atoms with Crippen molar-refractivity contribution in [1.29, 1.82) is 0 Å². The van der Waals surface area contributed by atoms with Crippen LogP contribution in [0.5, 0.6) is 0 Å². The molecule has 1 unspecified atom stereocenters. The number of aryl methyl sites for hydroxylation is 1. The summed E-state index contributed by atoms with van der Waals surface area (Å²) < 4.78 is 0. The van der Waals surface area contributed by atoms with Gasteiger partial charge in [-0.15, -0.1) is 0 Å². The van der Waals surface area contributed by atoms with E-state index in [9.17, 15) is 14.4 Å². The van der Waals surface area contributed by atoms with Crippen LogP contribution in [0.1, 0.15) is 57.9 Å². The number of imide groups is 1. The number of fused-ring (bicyclic) bond motifs is 1. The van der Waals surface area contributed by atoms with Crippen molar-refractivity contribution in [2.24, 2.45) is 0 Å². The first-order chi connectivity index (χ1) is 13.0. The molecular weight excluding hydrogens is 342 g/mol. The Morgan fingerprint density at radius 3 is 2.74 bits per heavy atom. The van der Waals surface area contributed by atoms with Crippen molar-refractivity contribution >= 4 is 23.5 Å². The second kappa shape index (κ2) is 8.11. The molecule has 4 amide bonds. The lowest BCUT2D eigenvalue weighted by Crippen LogP contribution is -2.46. The van der Waals surface area contributed by atoms with Crippen molar-refractivity contribution in [3.05, 3.63) is 29.8 Å². The maximum Gasteiger partial charge on any atom is 0.325 e. The minimum Gasteiger partial charge on any atom is -0.323 e. The number of hydrogen-bond donors (Lipinski definition) is 1. The third kappa shape index (κ3) is 3.99. The number of para-hydroxylation sites is 1. The van der Waals surface area contributed by atoms with Crippen LogP contribution in [0.3, 0.4) is 0 Å². The number of nitrogens with zero attached hydrogens (tertiary/aromatic N) is 2. The van der Waals surface area contributed by atoms with Gasteiger partial charge in [0.05, 0.1) is 0 Å². The van der Waals surface area contributed by atoms with Gasteiger partial charge in [0.1, 0.15) is 12.1 Å². The van der Waals surface area contributed by atoms with Crippen LogP contribution in [0.15, 0.2) is 24.3 Å². The van der Waals surface area contributed by atoms with Crippen molar-refractivity contribution in [2.75, 3.05) is 18.0 Å². The molecular formula is C21H29N3O3. The first kappa shape index (κ1) is 19.4. The van der Waals surface area contributed by atoms with Crippen molar-refractivity contribution in [2.45, 2.75) is 64.3 Å². The minimum atomic E-state index is -0.898. The number of amides is 4. The molecule has 1 N–H and O–H groups in total. The summed E-state index contributed by atoms with van der Waals surface area (Å²) in [5, 5.41) is 2.80. The smallest absolute Gasteiger partial charge is 0.323 e. The number of carbonyl (C=O) groups is 3. The van der Waals surface area contributed by atoms with Gasteiger partial charge in [0.15, 0.2) is 0 Å². The Kier molecular flexibility index (Phi) is 5.82. The second-order valence-corrected chi connectivity index (χ2v) is 7.74. The Bertz CT molecular complexity index is 733. The zero-order valence-electron chi connectivity index (χ0n) is 16.3. The van der Waals surface area contributed by atoms with Crippen LogP contribution in [-0.2, 0) is 16.0 Å². The molecule has 1 saturated heterocycles. The summed E-state index contributed by atoms with van der Waals surface area (Å²) in [6.07, 6.45) is 6.60. The number of rotatable bonds is 7. The Labute approximate surface area is 160 Å². The summed E-state index contributed by atoms with van der Waals surface area (Å²) in [7, 11) is 0. The van der Waals surface area contributed by atoms with E-state index in [1.807, 2.05) is 24.3 Å². The molecule has 1 atom stereocenters. The van der Waals surface area contributed by atoms with Gasteiger partial charge in [0.2, 0.25) is 5.91 Å². The van der Waals surface area contributed by atoms with Crippen molar-refractivity contribution < 1.29 is 14.4 Å². The first-order valence-electron chi connectivity index (χ1n) is 9.98. The highest BCUT2D eigenvalue weighted by molar-refractivity contribution is 6.10. The number of benzene rings is 1. The van der Waals surface area contributed by atoms with E-state index in [2.05, 4.69) is 12.2 Å². The van der Waals surface area contributed by atoms with Gasteiger partial charge >= 0.3 is 6.03 Å². The van der Waals surface area contributed by atoms with Crippen LogP contribution in [-0.4, -0.2) is 41.4 Å². The molecule has 1 aromatic carbocycles. The average molecular weight is 371 g/mol. The van der Waals surface area contributed by atoms with Gasteiger partial charge in [0.25, 0.3) is 5.91 Å². The SMILES string of the molecule is CCCCCCC1(C)NC(=O)N(CC(=O)N2CCCc3ccccc32)C1=O. The Morgan fingerprint density at radius 2 is 1.96 bits per heavy atom. The summed E-state index contributed by atoms with van der Waals surface area (Å²) in [5.74, 6) is -0.497. The maximum atomic E-state index is 12.9. The molecule has 2 aliphatic rings. The lowest BCUT2D eigenvalue weighted by Gasteiger charge is -2.30. The van der Waals surface area contributed by atoms with Crippen LogP contribution in [0.25, 0.3) is 0 Å². The van der Waals surface area contributed by atoms with E-state index in [1.54, 1.807) is 11.8 Å². The molecule has 2 heterocycles. The van der Waals surface area contributed by atoms with E-state index in [0.717, 1.165) is 54.7 Å². The Morgan fingerprint density at radius 1 is 1.19 bits per heavy atom. The highest BCUT2D eigenvalue weighted by atomic mass is 16.2. The molecule has 0 saturated carbocycles. The number of hydrogen-bond acceptors (Lipinski definition) is 3. The van der Waals surface area contributed by atoms with E-state index in [1.165, 1.54) is 0 Å². The van der Waals surface area contributed by atoms with Crippen LogP contribution >= 0.6 is 0 Å². The van der Waals surface area contributed by atoms with Crippen LogP contribution in [0.2, 0.25) is 0 Å². The summed E-state index contributed by atoms with van der Waals surface area (Å²) in [6, 6.07) is 7.36. The molecule has 0 radical (unpaired) electrons. The number of anilines is 1. The minimum absolute atomic E-state index is 0.205. The number of carbonyl (C=O) groups excluding carboxylic acids is 3. The Hall–Kier alpha value is -2.37. The molecule has 1 fully saturated rings. The fourth-order valence-corrected chi connectivity index (χ4v) is 3.98. The molecule has 146 valence electrons. The standard InChI is InChI=1S/C21H29N3O3/c1-3-4-5-8-13-21(2)19(26)24(20(27)22-21)15-18(25)23-14-9-11-16-10-6-7-12-17(16)23/h6-7,10,12H,3-5,8-9,11,13-15H2,1-2H3,(H,22,27). The molecule has 1 aromatic rings. The van der Waals surface area contributed by atoms with Gasteiger partial charge in [-0.2, -0.15) is 0 Å². The highest BCUT2D eigenvalue weighted by Crippen LogP contribution is 2.28. The fraction of sp³-hybridized carbons (Fsp3) is 0.571. The monoisotopic (exact) mass is 371 g/mol. The molecule has 0 spiro atoms. The van der Waals surface area contributed by atoms with Gasteiger partial charge in [-0.25, -0.2) is 4.79 Å². The second-order valence-electron chi connectivity index (χ2n) is 7.74. The highest BCUT2D eigenvalue weighted by Gasteiger charge is 2.48. The van der Waals surface area contributed by atoms with E-state index in [-0.39, 0.29) is 18.4 Å². The molecule has 3 rings (SSSR count). The van der Waals surface area contributed by atoms with Gasteiger partial charge in [-0.3, -0.25) is 14.5 Å². The summed E-state index contributed by atoms with van der Waals surface area (Å²) in [5.41, 5.74) is 1.13. The summed E-state index contributed by atoms with van der Waals surface area (Å²) in [6.45, 7) is 4.31. The van der Waals surface area contributed by atoms with Crippen LogP contribution in [0, 0.1) is 0 Å². The van der Waals surface area contributed by atoms with Crippen molar-refractivity contribution in [3.63, 3.8) is 0 Å². The average Bonchev–Trinajstić information content (AvgIpc) is 2.88. The van der Waals surface area contributed by atoms with E-state index >= 15 is 0 Å². The normalized spacial score (nSPS) is 22.0. The molecule has 2 aliphatic heterocycles. The van der Waals surface area contributed by atoms with Gasteiger partial charge < -0.3 is 10.2 Å². The van der Waals surface area contributed by atoms with Crippen molar-refractivity contribution in [1.82, 2.24) is 10.2 Å². The summed E-state index contributed by atoms with van der Waals surface area (Å²) in [4.78, 5) is 40.9. The van der Waals surface area contributed by atoms with Gasteiger partial charge in [0, 0.05) is 12.2 Å². The Balaban J connectivity index is 1.66. The predicted molar refractivity (Wildman–Crippen MR) is 105 cm³/mol. The zero-order valence-corrected chi connectivity index (χ0v) is 16.3.